The molecule has 0 aliphatic carbocycles. The van der Waals surface area contributed by atoms with Crippen LogP contribution in [0.5, 0.6) is 0 Å². The Morgan fingerprint density at radius 1 is 0.684 bits per heavy atom. The van der Waals surface area contributed by atoms with Gasteiger partial charge in [-0.2, -0.15) is 0 Å². The minimum absolute atomic E-state index is 0. The summed E-state index contributed by atoms with van der Waals surface area (Å²) in [6.45, 7) is 18.0. The summed E-state index contributed by atoms with van der Waals surface area (Å²) in [5.74, 6) is 0. The average Bonchev–Trinajstić information content (AvgIpc) is 3.54. The van der Waals surface area contributed by atoms with E-state index in [1.807, 2.05) is 60.9 Å². The molecule has 0 bridgehead atoms. The molecule has 0 spiro atoms. The van der Waals surface area contributed by atoms with Gasteiger partial charge in [-0.15, -0.1) is 53.1 Å². The summed E-state index contributed by atoms with van der Waals surface area (Å²) in [5.41, 5.74) is 15.2. The van der Waals surface area contributed by atoms with Crippen molar-refractivity contribution in [2.75, 3.05) is 0 Å². The van der Waals surface area contributed by atoms with Crippen LogP contribution in [0.4, 0.5) is 0 Å². The normalized spacial score (nSPS) is 12.6. The molecule has 1 radical (unpaired) electrons. The predicted molar refractivity (Wildman–Crippen MR) is 240 cm³/mol. The number of hydrogen-bond acceptors (Lipinski definition) is 3. The molecule has 0 saturated heterocycles. The first kappa shape index (κ1) is 37.6. The molecule has 291 valence electrons. The van der Waals surface area contributed by atoms with Gasteiger partial charge in [-0.05, 0) is 95.2 Å². The van der Waals surface area contributed by atoms with E-state index in [4.69, 9.17) is 8.53 Å². The zero-order chi connectivity index (χ0) is 42.3. The third-order valence-electron chi connectivity index (χ3n) is 10.1. The van der Waals surface area contributed by atoms with Gasteiger partial charge in [-0.25, -0.2) is 0 Å². The van der Waals surface area contributed by atoms with Crippen molar-refractivity contribution in [2.45, 2.75) is 74.5 Å². The third-order valence-corrected chi connectivity index (χ3v) is 12.2. The molecule has 0 N–H and O–H groups in total. The number of pyridine rings is 2. The molecule has 0 atom stereocenters. The molecule has 3 nitrogen and oxygen atoms in total. The molecule has 8 rings (SSSR count). The molecule has 0 unspecified atom stereocenters. The van der Waals surface area contributed by atoms with E-state index in [1.165, 1.54) is 38.6 Å². The van der Waals surface area contributed by atoms with Crippen LogP contribution in [0.1, 0.15) is 52.7 Å². The van der Waals surface area contributed by atoms with Crippen LogP contribution in [0.15, 0.2) is 126 Å². The molecule has 8 aromatic rings. The van der Waals surface area contributed by atoms with Crippen molar-refractivity contribution in [3.8, 4) is 44.8 Å². The molecule has 5 aromatic carbocycles. The second kappa shape index (κ2) is 16.9. The van der Waals surface area contributed by atoms with E-state index in [1.54, 1.807) is 6.07 Å². The van der Waals surface area contributed by atoms with E-state index < -0.39 is 14.9 Å². The van der Waals surface area contributed by atoms with Crippen molar-refractivity contribution in [1.82, 2.24) is 9.97 Å². The molecule has 57 heavy (non-hydrogen) atoms. The number of furan rings is 1. The van der Waals surface area contributed by atoms with Crippen LogP contribution in [-0.2, 0) is 26.5 Å². The molecular weight excluding hydrogens is 889 g/mol. The first-order valence-electron chi connectivity index (χ1n) is 20.8. The smallest absolute Gasteiger partial charge is 0.121 e. The molecule has 0 fully saturated rings. The van der Waals surface area contributed by atoms with Crippen LogP contribution in [-0.4, -0.2) is 18.0 Å². The summed E-state index contributed by atoms with van der Waals surface area (Å²) >= 11 is 0. The predicted octanol–water partition coefficient (Wildman–Crippen LogP) is 13.7. The van der Waals surface area contributed by atoms with Gasteiger partial charge >= 0.3 is 0 Å². The summed E-state index contributed by atoms with van der Waals surface area (Å²) in [6, 6.07) is 43.1. The van der Waals surface area contributed by atoms with Gasteiger partial charge in [0.05, 0.1) is 13.7 Å². The largest absolute Gasteiger partial charge is 0.500 e. The minimum Gasteiger partial charge on any atom is -0.500 e. The maximum absolute atomic E-state index is 7.84. The van der Waals surface area contributed by atoms with E-state index in [9.17, 15) is 0 Å². The van der Waals surface area contributed by atoms with Crippen molar-refractivity contribution < 1.29 is 28.6 Å². The maximum Gasteiger partial charge on any atom is 0.121 e. The van der Waals surface area contributed by atoms with Crippen LogP contribution in [0.2, 0.25) is 19.6 Å². The molecule has 3 aromatic heterocycles. The van der Waals surface area contributed by atoms with Crippen LogP contribution >= 0.6 is 0 Å². The van der Waals surface area contributed by atoms with Crippen LogP contribution in [0, 0.1) is 45.2 Å². The Kier molecular flexibility index (Phi) is 11.1. The number of aryl methyl sites for hydroxylation is 4. The average molecular weight is 944 g/mol. The van der Waals surface area contributed by atoms with E-state index in [-0.39, 0.29) is 25.5 Å². The zero-order valence-electron chi connectivity index (χ0n) is 37.4. The van der Waals surface area contributed by atoms with E-state index in [0.29, 0.717) is 11.1 Å². The summed E-state index contributed by atoms with van der Waals surface area (Å²) in [5, 5.41) is 3.53. The van der Waals surface area contributed by atoms with Gasteiger partial charge in [-0.3, -0.25) is 0 Å². The Morgan fingerprint density at radius 2 is 1.39 bits per heavy atom. The fraction of sp³-hybridized carbons (Fsp3) is 0.231. The van der Waals surface area contributed by atoms with Crippen molar-refractivity contribution in [2.24, 2.45) is 5.41 Å². The van der Waals surface area contributed by atoms with Gasteiger partial charge in [0.15, 0.2) is 0 Å². The first-order chi connectivity index (χ1) is 27.8. The van der Waals surface area contributed by atoms with Gasteiger partial charge in [-0.1, -0.05) is 136 Å². The van der Waals surface area contributed by atoms with Gasteiger partial charge in [0.25, 0.3) is 0 Å². The summed E-state index contributed by atoms with van der Waals surface area (Å²) in [6.07, 6.45) is 4.86. The molecule has 0 aliphatic heterocycles. The Morgan fingerprint density at radius 3 is 2.05 bits per heavy atom. The summed E-state index contributed by atoms with van der Waals surface area (Å²) in [7, 11) is -1.40. The molecule has 0 amide bonds. The van der Waals surface area contributed by atoms with Gasteiger partial charge in [0, 0.05) is 42.0 Å². The van der Waals surface area contributed by atoms with Crippen molar-refractivity contribution >= 4 is 35.2 Å². The molecule has 0 aliphatic rings. The van der Waals surface area contributed by atoms with Gasteiger partial charge < -0.3 is 14.4 Å². The van der Waals surface area contributed by atoms with Crippen molar-refractivity contribution in [3.63, 3.8) is 0 Å². The number of benzene rings is 5. The SMILES string of the molecule is Cc1cc(C)c(-c2ccc3oc4c[c-]c(-c5cc(CC(C)(C)C)ccn5)cc4c3c2)c(C)c1.[2H]C([2H])([2H])c1c[c-]c(-c2ccc([Si](C)(C)C)cn2)cc1-c1ccccc1.[Ir]. The maximum atomic E-state index is 7.84. The monoisotopic (exact) mass is 944 g/mol. The van der Waals surface area contributed by atoms with Crippen LogP contribution in [0.3, 0.4) is 0 Å². The number of fused-ring (bicyclic) bond motifs is 3. The Labute approximate surface area is 358 Å². The summed E-state index contributed by atoms with van der Waals surface area (Å²) < 4.78 is 29.7. The standard InChI is InChI=1S/C31H30NO.C21H22NSi.Ir/c1-19-13-20(2)30(21(3)14-19)24-8-10-29-26(17-24)25-16-23(7-9-28(25)33-29)27-15-22(11-12-32-27)18-31(4,5)6;1-16-10-11-18(14-20(16)17-8-6-5-7-9-17)21-13-12-19(15-22-21)23(2,3)4;/h8-17H,18H2,1-6H3;5-10,12-15H,1-4H3;/q2*-1;/i;1D3;. The topological polar surface area (TPSA) is 38.9 Å². The van der Waals surface area contributed by atoms with E-state index in [2.05, 4.69) is 138 Å². The quantitative estimate of drug-likeness (QED) is 0.123. The van der Waals surface area contributed by atoms with Crippen molar-refractivity contribution in [3.05, 3.63) is 162 Å². The van der Waals surface area contributed by atoms with E-state index >= 15 is 0 Å². The van der Waals surface area contributed by atoms with Gasteiger partial charge in [0.1, 0.15) is 5.58 Å². The first-order valence-corrected chi connectivity index (χ1v) is 22.8. The number of aromatic nitrogens is 2. The van der Waals surface area contributed by atoms with Crippen LogP contribution in [0.25, 0.3) is 66.7 Å². The molecule has 3 heterocycles. The fourth-order valence-corrected chi connectivity index (χ4v) is 8.53. The molecule has 0 saturated carbocycles. The summed E-state index contributed by atoms with van der Waals surface area (Å²) in [4.78, 5) is 9.25. The number of hydrogen-bond donors (Lipinski definition) is 0. The number of nitrogens with zero attached hydrogens (tertiary/aromatic N) is 2. The Bertz CT molecular complexity index is 2760. The molecule has 5 heteroatoms. The van der Waals surface area contributed by atoms with Gasteiger partial charge in [0.2, 0.25) is 0 Å². The second-order valence-corrected chi connectivity index (χ2v) is 22.3. The third kappa shape index (κ3) is 9.62. The second-order valence-electron chi connectivity index (χ2n) is 17.2. The number of rotatable bonds is 6. The molecular formula is C52H52IrN2OSi-2. The van der Waals surface area contributed by atoms with E-state index in [0.717, 1.165) is 56.4 Å². The minimum atomic E-state index is -2.19. The Balaban J connectivity index is 0.000000204. The fourth-order valence-electron chi connectivity index (χ4n) is 7.50. The Hall–Kier alpha value is -4.93. The zero-order valence-corrected chi connectivity index (χ0v) is 37.8. The van der Waals surface area contributed by atoms with Crippen LogP contribution < -0.4 is 5.19 Å². The van der Waals surface area contributed by atoms with Crippen molar-refractivity contribution in [1.29, 1.82) is 0 Å².